The second-order valence-electron chi connectivity index (χ2n) is 7.95. The average Bonchev–Trinajstić information content (AvgIpc) is 2.75. The lowest BCUT2D eigenvalue weighted by Crippen LogP contribution is -2.27. The summed E-state index contributed by atoms with van der Waals surface area (Å²) in [6.45, 7) is 9.79. The quantitative estimate of drug-likeness (QED) is 0.385. The largest absolute Gasteiger partial charge is 0.489 e. The van der Waals surface area contributed by atoms with Crippen LogP contribution in [0.3, 0.4) is 0 Å². The highest BCUT2D eigenvalue weighted by molar-refractivity contribution is 7.89. The summed E-state index contributed by atoms with van der Waals surface area (Å²) in [6, 6.07) is 9.48. The highest BCUT2D eigenvalue weighted by atomic mass is 32.2. The number of amides is 1. The van der Waals surface area contributed by atoms with Crippen molar-refractivity contribution >= 4 is 26.9 Å². The minimum atomic E-state index is -3.78. The number of carbonyl (C=O) groups excluding carboxylic acids is 1. The van der Waals surface area contributed by atoms with Gasteiger partial charge in [0.15, 0.2) is 0 Å². The molecule has 1 amide bonds. The lowest BCUT2D eigenvalue weighted by atomic mass is 10.0. The van der Waals surface area contributed by atoms with E-state index in [2.05, 4.69) is 11.9 Å². The van der Waals surface area contributed by atoms with Crippen molar-refractivity contribution < 1.29 is 22.4 Å². The number of benzene rings is 2. The zero-order valence-electron chi connectivity index (χ0n) is 18.7. The van der Waals surface area contributed by atoms with E-state index in [0.717, 1.165) is 11.0 Å². The zero-order valence-corrected chi connectivity index (χ0v) is 19.5. The Hall–Kier alpha value is -3.43. The van der Waals surface area contributed by atoms with Crippen molar-refractivity contribution in [3.05, 3.63) is 81.2 Å². The topological polar surface area (TPSA) is 129 Å². The summed E-state index contributed by atoms with van der Waals surface area (Å²) < 4.78 is 33.9. The van der Waals surface area contributed by atoms with E-state index in [1.807, 2.05) is 26.0 Å². The molecule has 1 heterocycles. The van der Waals surface area contributed by atoms with Crippen molar-refractivity contribution in [2.45, 2.75) is 38.6 Å². The first-order valence-corrected chi connectivity index (χ1v) is 11.7. The van der Waals surface area contributed by atoms with Gasteiger partial charge in [-0.15, -0.1) is 0 Å². The minimum absolute atomic E-state index is 0.00884. The highest BCUT2D eigenvalue weighted by Gasteiger charge is 2.17. The number of aryl methyl sites for hydroxylation is 2. The van der Waals surface area contributed by atoms with Crippen LogP contribution in [-0.2, 0) is 27.8 Å². The van der Waals surface area contributed by atoms with Crippen LogP contribution in [0.5, 0.6) is 5.75 Å². The molecule has 0 spiro atoms. The first-order valence-electron chi connectivity index (χ1n) is 10.2. The van der Waals surface area contributed by atoms with Gasteiger partial charge in [-0.25, -0.2) is 18.4 Å². The second kappa shape index (κ2) is 9.60. The van der Waals surface area contributed by atoms with Gasteiger partial charge in [0.1, 0.15) is 17.9 Å². The number of nitrogens with two attached hydrogens (primary N) is 1. The maximum atomic E-state index is 12.7. The van der Waals surface area contributed by atoms with Crippen LogP contribution in [0.25, 0.3) is 11.0 Å². The molecule has 3 rings (SSSR count). The summed E-state index contributed by atoms with van der Waals surface area (Å²) >= 11 is 0. The van der Waals surface area contributed by atoms with Crippen LogP contribution >= 0.6 is 0 Å². The lowest BCUT2D eigenvalue weighted by molar-refractivity contribution is -0.120. The van der Waals surface area contributed by atoms with Crippen molar-refractivity contribution in [2.75, 3.05) is 6.61 Å². The molecule has 0 saturated carbocycles. The second-order valence-corrected chi connectivity index (χ2v) is 9.51. The molecule has 33 heavy (non-hydrogen) atoms. The Balaban J connectivity index is 1.77. The highest BCUT2D eigenvalue weighted by Crippen LogP contribution is 2.29. The SMILES string of the molecule is C=C(C)COc1ccc2c(C)c(CC(=O)NCc3ccc(S(N)(=O)=O)cc3)c(=O)oc2c1C. The molecule has 3 N–H and O–H groups in total. The fourth-order valence-corrected chi connectivity index (χ4v) is 3.87. The van der Waals surface area contributed by atoms with E-state index in [0.29, 0.717) is 34.6 Å². The van der Waals surface area contributed by atoms with Gasteiger partial charge in [-0.05, 0) is 61.7 Å². The average molecular weight is 471 g/mol. The molecular formula is C24H26N2O6S. The molecule has 1 aromatic heterocycles. The third kappa shape index (κ3) is 5.68. The Morgan fingerprint density at radius 2 is 1.79 bits per heavy atom. The molecule has 0 aliphatic heterocycles. The smallest absolute Gasteiger partial charge is 0.340 e. The van der Waals surface area contributed by atoms with Crippen LogP contribution in [-0.4, -0.2) is 20.9 Å². The van der Waals surface area contributed by atoms with Gasteiger partial charge in [-0.2, -0.15) is 0 Å². The molecule has 2 aromatic carbocycles. The molecule has 0 fully saturated rings. The molecular weight excluding hydrogens is 444 g/mol. The van der Waals surface area contributed by atoms with E-state index < -0.39 is 15.6 Å². The van der Waals surface area contributed by atoms with Gasteiger partial charge in [0.2, 0.25) is 15.9 Å². The Morgan fingerprint density at radius 3 is 2.39 bits per heavy atom. The Bertz CT molecular complexity index is 1390. The van der Waals surface area contributed by atoms with Gasteiger partial charge in [0, 0.05) is 17.5 Å². The molecule has 0 radical (unpaired) electrons. The van der Waals surface area contributed by atoms with Gasteiger partial charge in [-0.1, -0.05) is 18.7 Å². The molecule has 0 bridgehead atoms. The number of fused-ring (bicyclic) bond motifs is 1. The molecule has 174 valence electrons. The summed E-state index contributed by atoms with van der Waals surface area (Å²) in [5, 5.41) is 8.54. The molecule has 8 nitrogen and oxygen atoms in total. The van der Waals surface area contributed by atoms with Crippen molar-refractivity contribution in [1.82, 2.24) is 5.32 Å². The number of hydrogen-bond donors (Lipinski definition) is 2. The van der Waals surface area contributed by atoms with E-state index in [9.17, 15) is 18.0 Å². The maximum absolute atomic E-state index is 12.7. The molecule has 0 atom stereocenters. The molecule has 0 saturated heterocycles. The van der Waals surface area contributed by atoms with E-state index in [-0.39, 0.29) is 29.3 Å². The normalized spacial score (nSPS) is 11.4. The number of carbonyl (C=O) groups is 1. The maximum Gasteiger partial charge on any atom is 0.340 e. The van der Waals surface area contributed by atoms with Gasteiger partial charge < -0.3 is 14.5 Å². The molecule has 0 aliphatic carbocycles. The zero-order chi connectivity index (χ0) is 24.3. The summed E-state index contributed by atoms with van der Waals surface area (Å²) in [7, 11) is -3.78. The third-order valence-electron chi connectivity index (χ3n) is 5.21. The summed E-state index contributed by atoms with van der Waals surface area (Å²) in [4.78, 5) is 25.1. The molecule has 3 aromatic rings. The van der Waals surface area contributed by atoms with E-state index in [1.165, 1.54) is 12.1 Å². The summed E-state index contributed by atoms with van der Waals surface area (Å²) in [6.07, 6.45) is -0.147. The Kier molecular flexibility index (Phi) is 7.04. The number of rotatable bonds is 8. The number of sulfonamides is 1. The number of ether oxygens (including phenoxy) is 1. The van der Waals surface area contributed by atoms with Crippen molar-refractivity contribution in [2.24, 2.45) is 5.14 Å². The van der Waals surface area contributed by atoms with Gasteiger partial charge in [0.05, 0.1) is 16.9 Å². The van der Waals surface area contributed by atoms with Crippen LogP contribution in [0.2, 0.25) is 0 Å². The summed E-state index contributed by atoms with van der Waals surface area (Å²) in [5.41, 5.74) is 3.06. The van der Waals surface area contributed by atoms with Crippen LogP contribution < -0.4 is 20.8 Å². The van der Waals surface area contributed by atoms with E-state index >= 15 is 0 Å². The predicted octanol–water partition coefficient (Wildman–Crippen LogP) is 2.87. The van der Waals surface area contributed by atoms with Crippen LogP contribution in [0.4, 0.5) is 0 Å². The Morgan fingerprint density at radius 1 is 1.12 bits per heavy atom. The van der Waals surface area contributed by atoms with E-state index in [4.69, 9.17) is 14.3 Å². The monoisotopic (exact) mass is 470 g/mol. The minimum Gasteiger partial charge on any atom is -0.489 e. The van der Waals surface area contributed by atoms with E-state index in [1.54, 1.807) is 19.1 Å². The van der Waals surface area contributed by atoms with Crippen LogP contribution in [0, 0.1) is 13.8 Å². The lowest BCUT2D eigenvalue weighted by Gasteiger charge is -2.13. The Labute approximate surface area is 192 Å². The molecule has 0 aliphatic rings. The first-order chi connectivity index (χ1) is 15.5. The standard InChI is InChI=1S/C24H26N2O6S/c1-14(2)13-31-21-10-9-19-15(3)20(24(28)32-23(19)16(21)4)11-22(27)26-12-17-5-7-18(8-6-17)33(25,29)30/h5-10H,1,11-13H2,2-4H3,(H,26,27)(H2,25,29,30). The number of primary sulfonamides is 1. The van der Waals surface area contributed by atoms with Crippen molar-refractivity contribution in [3.63, 3.8) is 0 Å². The van der Waals surface area contributed by atoms with Gasteiger partial charge in [0.25, 0.3) is 0 Å². The fourth-order valence-electron chi connectivity index (χ4n) is 3.35. The summed E-state index contributed by atoms with van der Waals surface area (Å²) in [5.74, 6) is 0.241. The number of nitrogens with one attached hydrogen (secondary N) is 1. The van der Waals surface area contributed by atoms with Crippen LogP contribution in [0.1, 0.15) is 29.2 Å². The predicted molar refractivity (Wildman–Crippen MR) is 126 cm³/mol. The third-order valence-corrected chi connectivity index (χ3v) is 6.14. The van der Waals surface area contributed by atoms with Crippen LogP contribution in [0.15, 0.2) is 62.7 Å². The number of hydrogen-bond acceptors (Lipinski definition) is 6. The van der Waals surface area contributed by atoms with Gasteiger partial charge >= 0.3 is 5.63 Å². The van der Waals surface area contributed by atoms with Crippen molar-refractivity contribution in [3.8, 4) is 5.75 Å². The molecule has 9 heteroatoms. The van der Waals surface area contributed by atoms with Gasteiger partial charge in [-0.3, -0.25) is 4.79 Å². The molecule has 0 unspecified atom stereocenters. The fraction of sp³-hybridized carbons (Fsp3) is 0.250. The first kappa shape index (κ1) is 24.2. The van der Waals surface area contributed by atoms with Crippen molar-refractivity contribution in [1.29, 1.82) is 0 Å².